The van der Waals surface area contributed by atoms with Crippen LogP contribution in [0.2, 0.25) is 0 Å². The Balaban J connectivity index is 2.02. The summed E-state index contributed by atoms with van der Waals surface area (Å²) in [6.45, 7) is 16.4. The summed E-state index contributed by atoms with van der Waals surface area (Å²) in [6, 6.07) is 19.2. The van der Waals surface area contributed by atoms with Crippen molar-refractivity contribution in [3.63, 3.8) is 0 Å². The summed E-state index contributed by atoms with van der Waals surface area (Å²) in [4.78, 5) is 44.5. The minimum atomic E-state index is -0.654. The standard InChI is InChI=1S/C33H51N5O4/c1-8-20-36(25-30(39)34-26(3)28-16-12-10-13-17-28)21-22-38(32(41)42-33(5,6)7)24-23-37(9-2)31(40)35-27(4)29-18-14-11-15-19-29/h10-19,26-27H,8-9,20-25H2,1-7H3,(H,34,39)(H,35,40). The maximum Gasteiger partial charge on any atom is 0.410 e. The van der Waals surface area contributed by atoms with Crippen LogP contribution in [0.1, 0.15) is 78.1 Å². The second-order valence-corrected chi connectivity index (χ2v) is 11.6. The molecule has 2 aromatic rings. The van der Waals surface area contributed by atoms with Gasteiger partial charge in [-0.3, -0.25) is 9.69 Å². The van der Waals surface area contributed by atoms with E-state index in [1.165, 1.54) is 0 Å². The van der Waals surface area contributed by atoms with Crippen LogP contribution >= 0.6 is 0 Å². The molecule has 2 N–H and O–H groups in total. The molecule has 0 fully saturated rings. The molecule has 0 bridgehead atoms. The number of carbonyl (C=O) groups is 3. The van der Waals surface area contributed by atoms with Crippen LogP contribution in [0.3, 0.4) is 0 Å². The Morgan fingerprint density at radius 3 is 1.74 bits per heavy atom. The van der Waals surface area contributed by atoms with Crippen LogP contribution in [0.25, 0.3) is 0 Å². The van der Waals surface area contributed by atoms with Crippen molar-refractivity contribution in [2.45, 2.75) is 72.6 Å². The van der Waals surface area contributed by atoms with Gasteiger partial charge in [-0.15, -0.1) is 0 Å². The maximum absolute atomic E-state index is 13.2. The highest BCUT2D eigenvalue weighted by Gasteiger charge is 2.25. The molecular weight excluding hydrogens is 530 g/mol. The topological polar surface area (TPSA) is 94.2 Å². The van der Waals surface area contributed by atoms with Crippen LogP contribution in [0.4, 0.5) is 9.59 Å². The zero-order chi connectivity index (χ0) is 31.1. The van der Waals surface area contributed by atoms with Gasteiger partial charge in [-0.05, 0) is 65.6 Å². The monoisotopic (exact) mass is 581 g/mol. The fraction of sp³-hybridized carbons (Fsp3) is 0.545. The molecule has 0 aliphatic heterocycles. The van der Waals surface area contributed by atoms with Gasteiger partial charge in [-0.1, -0.05) is 67.6 Å². The van der Waals surface area contributed by atoms with Crippen LogP contribution in [-0.2, 0) is 9.53 Å². The molecule has 42 heavy (non-hydrogen) atoms. The van der Waals surface area contributed by atoms with Gasteiger partial charge >= 0.3 is 12.1 Å². The molecule has 9 nitrogen and oxygen atoms in total. The number of hydrogen-bond donors (Lipinski definition) is 2. The first-order chi connectivity index (χ1) is 19.9. The first kappa shape index (κ1) is 34.6. The molecule has 232 valence electrons. The number of nitrogens with zero attached hydrogens (tertiary/aromatic N) is 3. The van der Waals surface area contributed by atoms with Crippen LogP contribution in [-0.4, -0.2) is 84.1 Å². The number of hydrogen-bond acceptors (Lipinski definition) is 5. The van der Waals surface area contributed by atoms with Gasteiger partial charge in [0.1, 0.15) is 5.60 Å². The Morgan fingerprint density at radius 2 is 1.24 bits per heavy atom. The van der Waals surface area contributed by atoms with Crippen molar-refractivity contribution < 1.29 is 19.1 Å². The molecule has 0 aliphatic carbocycles. The van der Waals surface area contributed by atoms with Crippen molar-refractivity contribution in [2.75, 3.05) is 45.8 Å². The summed E-state index contributed by atoms with van der Waals surface area (Å²) in [6.07, 6.45) is 0.437. The van der Waals surface area contributed by atoms with E-state index >= 15 is 0 Å². The fourth-order valence-corrected chi connectivity index (χ4v) is 4.53. The van der Waals surface area contributed by atoms with Crippen LogP contribution in [0.15, 0.2) is 60.7 Å². The van der Waals surface area contributed by atoms with Crippen molar-refractivity contribution in [2.24, 2.45) is 0 Å². The smallest absolute Gasteiger partial charge is 0.410 e. The molecule has 0 radical (unpaired) electrons. The fourth-order valence-electron chi connectivity index (χ4n) is 4.53. The molecule has 0 aromatic heterocycles. The van der Waals surface area contributed by atoms with Gasteiger partial charge < -0.3 is 25.2 Å². The summed E-state index contributed by atoms with van der Waals surface area (Å²) in [5.74, 6) is -0.0648. The van der Waals surface area contributed by atoms with E-state index in [9.17, 15) is 14.4 Å². The van der Waals surface area contributed by atoms with Gasteiger partial charge in [0.2, 0.25) is 5.91 Å². The first-order valence-corrected chi connectivity index (χ1v) is 15.1. The lowest BCUT2D eigenvalue weighted by molar-refractivity contribution is -0.122. The lowest BCUT2D eigenvalue weighted by atomic mass is 10.1. The molecule has 0 saturated carbocycles. The lowest BCUT2D eigenvalue weighted by Gasteiger charge is -2.32. The molecule has 4 amide bonds. The SMILES string of the molecule is CCCN(CCN(CCN(CC)C(=O)NC(C)c1ccccc1)C(=O)OC(C)(C)C)CC(=O)NC(C)c1ccccc1. The molecule has 0 spiro atoms. The third-order valence-electron chi connectivity index (χ3n) is 6.87. The van der Waals surface area contributed by atoms with Crippen molar-refractivity contribution in [3.05, 3.63) is 71.8 Å². The van der Waals surface area contributed by atoms with E-state index in [4.69, 9.17) is 4.74 Å². The van der Waals surface area contributed by atoms with E-state index in [2.05, 4.69) is 22.5 Å². The summed E-state index contributed by atoms with van der Waals surface area (Å²) in [5, 5.41) is 6.13. The van der Waals surface area contributed by atoms with Gasteiger partial charge in [-0.2, -0.15) is 0 Å². The van der Waals surface area contributed by atoms with Gasteiger partial charge in [0.15, 0.2) is 0 Å². The molecule has 2 rings (SSSR count). The molecule has 0 heterocycles. The third-order valence-corrected chi connectivity index (χ3v) is 6.87. The Kier molecular flexibility index (Phi) is 14.3. The van der Waals surface area contributed by atoms with Crippen LogP contribution in [0, 0.1) is 0 Å². The van der Waals surface area contributed by atoms with E-state index in [0.717, 1.165) is 24.1 Å². The highest BCUT2D eigenvalue weighted by Crippen LogP contribution is 2.14. The van der Waals surface area contributed by atoms with Crippen molar-refractivity contribution in [3.8, 4) is 0 Å². The molecule has 0 saturated heterocycles. The third kappa shape index (κ3) is 12.5. The Hall–Kier alpha value is -3.59. The number of amides is 4. The molecule has 9 heteroatoms. The zero-order valence-electron chi connectivity index (χ0n) is 26.6. The largest absolute Gasteiger partial charge is 0.444 e. The number of carbonyl (C=O) groups excluding carboxylic acids is 3. The lowest BCUT2D eigenvalue weighted by Crippen LogP contribution is -2.48. The minimum absolute atomic E-state index is 0.0648. The summed E-state index contributed by atoms with van der Waals surface area (Å²) in [5.41, 5.74) is 1.42. The summed E-state index contributed by atoms with van der Waals surface area (Å²) < 4.78 is 5.69. The average Bonchev–Trinajstić information content (AvgIpc) is 2.94. The first-order valence-electron chi connectivity index (χ1n) is 15.1. The quantitative estimate of drug-likeness (QED) is 0.285. The predicted molar refractivity (Wildman–Crippen MR) is 168 cm³/mol. The predicted octanol–water partition coefficient (Wildman–Crippen LogP) is 5.61. The molecule has 0 aliphatic rings. The van der Waals surface area contributed by atoms with Crippen molar-refractivity contribution in [1.29, 1.82) is 0 Å². The van der Waals surface area contributed by atoms with Crippen molar-refractivity contribution in [1.82, 2.24) is 25.3 Å². The second-order valence-electron chi connectivity index (χ2n) is 11.6. The summed E-state index contributed by atoms with van der Waals surface area (Å²) >= 11 is 0. The zero-order valence-corrected chi connectivity index (χ0v) is 26.6. The molecular formula is C33H51N5O4. The van der Waals surface area contributed by atoms with E-state index in [1.807, 2.05) is 102 Å². The molecule has 2 aromatic carbocycles. The van der Waals surface area contributed by atoms with Gasteiger partial charge in [0.05, 0.1) is 18.6 Å². The van der Waals surface area contributed by atoms with Crippen LogP contribution in [0.5, 0.6) is 0 Å². The van der Waals surface area contributed by atoms with Crippen LogP contribution < -0.4 is 10.6 Å². The van der Waals surface area contributed by atoms with Gasteiger partial charge in [-0.25, -0.2) is 9.59 Å². The normalized spacial score (nSPS) is 12.8. The maximum atomic E-state index is 13.2. The Bertz CT molecular complexity index is 1090. The molecule has 2 atom stereocenters. The Labute approximate surface area is 252 Å². The number of ether oxygens (including phenoxy) is 1. The minimum Gasteiger partial charge on any atom is -0.444 e. The van der Waals surface area contributed by atoms with E-state index in [1.54, 1.807) is 9.80 Å². The highest BCUT2D eigenvalue weighted by atomic mass is 16.6. The number of urea groups is 1. The number of rotatable bonds is 15. The van der Waals surface area contributed by atoms with Gasteiger partial charge in [0.25, 0.3) is 0 Å². The number of nitrogens with one attached hydrogen (secondary N) is 2. The van der Waals surface area contributed by atoms with E-state index in [0.29, 0.717) is 32.7 Å². The van der Waals surface area contributed by atoms with E-state index < -0.39 is 11.7 Å². The number of benzene rings is 2. The second kappa shape index (κ2) is 17.4. The Morgan fingerprint density at radius 1 is 0.738 bits per heavy atom. The molecule has 2 unspecified atom stereocenters. The summed E-state index contributed by atoms with van der Waals surface area (Å²) in [7, 11) is 0. The van der Waals surface area contributed by atoms with Crippen molar-refractivity contribution >= 4 is 18.0 Å². The van der Waals surface area contributed by atoms with E-state index in [-0.39, 0.29) is 30.6 Å². The van der Waals surface area contributed by atoms with Gasteiger partial charge in [0, 0.05) is 32.7 Å². The highest BCUT2D eigenvalue weighted by molar-refractivity contribution is 5.78. The average molecular weight is 582 g/mol. The number of likely N-dealkylation sites (N-methyl/N-ethyl adjacent to an activating group) is 1.